The first-order valence-electron chi connectivity index (χ1n) is 7.59. The summed E-state index contributed by atoms with van der Waals surface area (Å²) in [4.78, 5) is 46.1. The van der Waals surface area contributed by atoms with Gasteiger partial charge in [0.05, 0.1) is 5.92 Å². The van der Waals surface area contributed by atoms with E-state index in [1.807, 2.05) is 0 Å². The SMILES string of the molecule is CC(=O)[C@@H](C)CCC(=O)CC1CCCC(C(=O)O)CC1=O. The van der Waals surface area contributed by atoms with Crippen LogP contribution in [-0.2, 0) is 19.2 Å². The highest BCUT2D eigenvalue weighted by molar-refractivity contribution is 5.90. The number of carbonyl (C=O) groups is 4. The molecule has 3 atom stereocenters. The predicted octanol–water partition coefficient (Wildman–Crippen LogP) is 2.41. The number of Topliss-reactive ketones (excluding diaryl/α,β-unsaturated/α-hetero) is 3. The van der Waals surface area contributed by atoms with Crippen molar-refractivity contribution in [1.29, 1.82) is 0 Å². The van der Waals surface area contributed by atoms with Gasteiger partial charge in [-0.3, -0.25) is 19.2 Å². The van der Waals surface area contributed by atoms with Crippen molar-refractivity contribution in [2.75, 3.05) is 0 Å². The number of ketones is 3. The highest BCUT2D eigenvalue weighted by atomic mass is 16.4. The van der Waals surface area contributed by atoms with Gasteiger partial charge in [0.1, 0.15) is 17.3 Å². The lowest BCUT2D eigenvalue weighted by Gasteiger charge is -2.13. The van der Waals surface area contributed by atoms with E-state index in [1.165, 1.54) is 6.92 Å². The average Bonchev–Trinajstić information content (AvgIpc) is 2.58. The molecule has 0 aromatic rings. The van der Waals surface area contributed by atoms with Crippen LogP contribution in [0, 0.1) is 17.8 Å². The first-order chi connectivity index (χ1) is 9.81. The van der Waals surface area contributed by atoms with Gasteiger partial charge in [0.15, 0.2) is 0 Å². The molecule has 5 nitrogen and oxygen atoms in total. The van der Waals surface area contributed by atoms with Gasteiger partial charge < -0.3 is 5.11 Å². The summed E-state index contributed by atoms with van der Waals surface area (Å²) in [5.74, 6) is -2.04. The van der Waals surface area contributed by atoms with Crippen LogP contribution in [0.15, 0.2) is 0 Å². The summed E-state index contributed by atoms with van der Waals surface area (Å²) in [6, 6.07) is 0. The van der Waals surface area contributed by atoms with Crippen LogP contribution in [0.1, 0.15) is 58.8 Å². The lowest BCUT2D eigenvalue weighted by Crippen LogP contribution is -2.21. The molecule has 0 amide bonds. The molecule has 2 unspecified atom stereocenters. The number of hydrogen-bond donors (Lipinski definition) is 1. The Morgan fingerprint density at radius 2 is 1.95 bits per heavy atom. The van der Waals surface area contributed by atoms with Crippen molar-refractivity contribution in [2.24, 2.45) is 17.8 Å². The molecule has 0 spiro atoms. The molecule has 0 aromatic carbocycles. The summed E-state index contributed by atoms with van der Waals surface area (Å²) >= 11 is 0. The summed E-state index contributed by atoms with van der Waals surface area (Å²) in [5.41, 5.74) is 0. The predicted molar refractivity (Wildman–Crippen MR) is 76.8 cm³/mol. The fraction of sp³-hybridized carbons (Fsp3) is 0.750. The molecule has 0 saturated heterocycles. The van der Waals surface area contributed by atoms with Gasteiger partial charge in [-0.2, -0.15) is 0 Å². The van der Waals surface area contributed by atoms with E-state index in [1.54, 1.807) is 6.92 Å². The Hall–Kier alpha value is -1.52. The molecule has 0 bridgehead atoms. The summed E-state index contributed by atoms with van der Waals surface area (Å²) in [7, 11) is 0. The van der Waals surface area contributed by atoms with Gasteiger partial charge in [-0.25, -0.2) is 0 Å². The van der Waals surface area contributed by atoms with Crippen LogP contribution in [0.4, 0.5) is 0 Å². The summed E-state index contributed by atoms with van der Waals surface area (Å²) in [6.07, 6.45) is 2.83. The Morgan fingerprint density at radius 3 is 2.52 bits per heavy atom. The summed E-state index contributed by atoms with van der Waals surface area (Å²) < 4.78 is 0. The van der Waals surface area contributed by atoms with Crippen LogP contribution in [0.2, 0.25) is 0 Å². The van der Waals surface area contributed by atoms with E-state index in [-0.39, 0.29) is 42.0 Å². The molecule has 1 rings (SSSR count). The molecule has 1 aliphatic carbocycles. The standard InChI is InChI=1S/C16H24O5/c1-10(11(2)17)6-7-14(18)8-12-4-3-5-13(16(20)21)9-15(12)19/h10,12-13H,3-9H2,1-2H3,(H,20,21)/t10-,12?,13?/m0/s1. The van der Waals surface area contributed by atoms with Crippen molar-refractivity contribution in [3.8, 4) is 0 Å². The maximum atomic E-state index is 12.0. The van der Waals surface area contributed by atoms with E-state index in [9.17, 15) is 19.2 Å². The minimum atomic E-state index is -0.925. The Bertz CT molecular complexity index is 426. The van der Waals surface area contributed by atoms with E-state index in [4.69, 9.17) is 5.11 Å². The zero-order chi connectivity index (χ0) is 16.0. The van der Waals surface area contributed by atoms with Crippen molar-refractivity contribution >= 4 is 23.3 Å². The summed E-state index contributed by atoms with van der Waals surface area (Å²) in [6.45, 7) is 3.31. The van der Waals surface area contributed by atoms with Gasteiger partial charge in [0.25, 0.3) is 0 Å². The summed E-state index contributed by atoms with van der Waals surface area (Å²) in [5, 5.41) is 9.00. The molecular formula is C16H24O5. The third-order valence-electron chi connectivity index (χ3n) is 4.38. The molecule has 0 heterocycles. The second-order valence-corrected chi connectivity index (χ2v) is 6.13. The average molecular weight is 296 g/mol. The van der Waals surface area contributed by atoms with Crippen LogP contribution < -0.4 is 0 Å². The van der Waals surface area contributed by atoms with E-state index in [2.05, 4.69) is 0 Å². The number of aliphatic carboxylic acids is 1. The quantitative estimate of drug-likeness (QED) is 0.729. The lowest BCUT2D eigenvalue weighted by molar-refractivity contribution is -0.144. The van der Waals surface area contributed by atoms with Crippen LogP contribution in [0.3, 0.4) is 0 Å². The van der Waals surface area contributed by atoms with Crippen molar-refractivity contribution < 1.29 is 24.3 Å². The zero-order valence-electron chi connectivity index (χ0n) is 12.8. The van der Waals surface area contributed by atoms with Crippen molar-refractivity contribution in [2.45, 2.75) is 58.8 Å². The van der Waals surface area contributed by atoms with Gasteiger partial charge in [-0.1, -0.05) is 13.3 Å². The molecule has 0 radical (unpaired) electrons. The third kappa shape index (κ3) is 5.78. The lowest BCUT2D eigenvalue weighted by atomic mass is 9.90. The molecule has 1 N–H and O–H groups in total. The van der Waals surface area contributed by atoms with Gasteiger partial charge in [-0.15, -0.1) is 0 Å². The van der Waals surface area contributed by atoms with Crippen LogP contribution in [0.5, 0.6) is 0 Å². The van der Waals surface area contributed by atoms with E-state index in [0.29, 0.717) is 32.1 Å². The minimum absolute atomic E-state index is 0.00442. The van der Waals surface area contributed by atoms with E-state index >= 15 is 0 Å². The Balaban J connectivity index is 2.46. The molecule has 21 heavy (non-hydrogen) atoms. The third-order valence-corrected chi connectivity index (χ3v) is 4.38. The molecule has 1 aliphatic rings. The minimum Gasteiger partial charge on any atom is -0.481 e. The smallest absolute Gasteiger partial charge is 0.306 e. The molecular weight excluding hydrogens is 272 g/mol. The monoisotopic (exact) mass is 296 g/mol. The van der Waals surface area contributed by atoms with Crippen LogP contribution in [-0.4, -0.2) is 28.4 Å². The zero-order valence-corrected chi connectivity index (χ0v) is 12.8. The number of rotatable bonds is 7. The van der Waals surface area contributed by atoms with Gasteiger partial charge >= 0.3 is 5.97 Å². The van der Waals surface area contributed by atoms with Gasteiger partial charge in [-0.05, 0) is 26.2 Å². The molecule has 0 aliphatic heterocycles. The molecule has 5 heteroatoms. The van der Waals surface area contributed by atoms with Crippen molar-refractivity contribution in [1.82, 2.24) is 0 Å². The largest absolute Gasteiger partial charge is 0.481 e. The number of hydrogen-bond acceptors (Lipinski definition) is 4. The molecule has 0 aromatic heterocycles. The molecule has 1 fully saturated rings. The highest BCUT2D eigenvalue weighted by Crippen LogP contribution is 2.27. The van der Waals surface area contributed by atoms with Crippen molar-refractivity contribution in [3.05, 3.63) is 0 Å². The number of carboxylic acid groups (broad SMARTS) is 1. The first kappa shape index (κ1) is 17.5. The second-order valence-electron chi connectivity index (χ2n) is 6.13. The van der Waals surface area contributed by atoms with Gasteiger partial charge in [0.2, 0.25) is 0 Å². The number of carbonyl (C=O) groups excluding carboxylic acids is 3. The van der Waals surface area contributed by atoms with Crippen LogP contribution in [0.25, 0.3) is 0 Å². The topological polar surface area (TPSA) is 88.5 Å². The fourth-order valence-corrected chi connectivity index (χ4v) is 2.67. The second kappa shape index (κ2) is 8.05. The first-order valence-corrected chi connectivity index (χ1v) is 7.59. The molecule has 1 saturated carbocycles. The Labute approximate surface area is 125 Å². The maximum Gasteiger partial charge on any atom is 0.306 e. The normalized spacial score (nSPS) is 24.2. The van der Waals surface area contributed by atoms with Crippen LogP contribution >= 0.6 is 0 Å². The number of carboxylic acids is 1. The van der Waals surface area contributed by atoms with E-state index < -0.39 is 11.9 Å². The fourth-order valence-electron chi connectivity index (χ4n) is 2.67. The van der Waals surface area contributed by atoms with Gasteiger partial charge in [0, 0.05) is 31.1 Å². The highest BCUT2D eigenvalue weighted by Gasteiger charge is 2.30. The van der Waals surface area contributed by atoms with Crippen molar-refractivity contribution in [3.63, 3.8) is 0 Å². The maximum absolute atomic E-state index is 12.0. The Kier molecular flexibility index (Phi) is 6.72. The molecule has 118 valence electrons. The Morgan fingerprint density at radius 1 is 1.29 bits per heavy atom. The van der Waals surface area contributed by atoms with E-state index in [0.717, 1.165) is 0 Å².